The number of carbonyl (C=O) groups excluding carboxylic acids is 1. The van der Waals surface area contributed by atoms with Gasteiger partial charge in [0.15, 0.2) is 23.1 Å². The molecule has 10 nitrogen and oxygen atoms in total. The van der Waals surface area contributed by atoms with E-state index in [1.54, 1.807) is 67.0 Å². The maximum atomic E-state index is 15.2. The number of benzene rings is 3. The van der Waals surface area contributed by atoms with Gasteiger partial charge < -0.3 is 34.2 Å². The standard InChI is InChI=1S/C34H36F2N6O4/c1-39-13-15-40(16-14-39)12-3-19-45-33-22-29-27(21-32(33)44-2)30(10-11-37-29)46-31-9-6-25(20-28(31)36)38-34(43)42-18-17-41(23-42)26-7-4-24(35)5-8-26/h4-11,17-18,20-22H,3,12-16,19,23H2,1-2H3,(H,38,43). The lowest BCUT2D eigenvalue weighted by Gasteiger charge is -2.32. The van der Waals surface area contributed by atoms with Gasteiger partial charge in [0.2, 0.25) is 0 Å². The van der Waals surface area contributed by atoms with Crippen molar-refractivity contribution < 1.29 is 27.8 Å². The van der Waals surface area contributed by atoms with Crippen LogP contribution < -0.4 is 24.4 Å². The number of amides is 2. The molecule has 46 heavy (non-hydrogen) atoms. The first-order chi connectivity index (χ1) is 22.4. The first kappa shape index (κ1) is 31.1. The summed E-state index contributed by atoms with van der Waals surface area (Å²) in [7, 11) is 3.71. The predicted octanol–water partition coefficient (Wildman–Crippen LogP) is 6.11. The van der Waals surface area contributed by atoms with E-state index in [0.29, 0.717) is 34.8 Å². The zero-order valence-corrected chi connectivity index (χ0v) is 25.8. The van der Waals surface area contributed by atoms with E-state index in [-0.39, 0.29) is 23.9 Å². The van der Waals surface area contributed by atoms with E-state index in [1.807, 2.05) is 0 Å². The number of carbonyl (C=O) groups is 1. The smallest absolute Gasteiger partial charge is 0.327 e. The Bertz CT molecular complexity index is 1710. The minimum Gasteiger partial charge on any atom is -0.493 e. The summed E-state index contributed by atoms with van der Waals surface area (Å²) in [5.74, 6) is 0.491. The fourth-order valence-electron chi connectivity index (χ4n) is 5.36. The van der Waals surface area contributed by atoms with Crippen molar-refractivity contribution in [2.45, 2.75) is 6.42 Å². The molecule has 1 saturated heterocycles. The van der Waals surface area contributed by atoms with Crippen LogP contribution in [-0.2, 0) is 0 Å². The third-order valence-electron chi connectivity index (χ3n) is 8.01. The Hall–Kier alpha value is -4.94. The molecule has 1 fully saturated rings. The zero-order chi connectivity index (χ0) is 32.0. The molecule has 0 saturated carbocycles. The van der Waals surface area contributed by atoms with Crippen LogP contribution in [0.4, 0.5) is 25.0 Å². The van der Waals surface area contributed by atoms with Crippen LogP contribution in [0.2, 0.25) is 0 Å². The Kier molecular flexibility index (Phi) is 9.46. The molecule has 12 heteroatoms. The number of urea groups is 1. The Labute approximate surface area is 266 Å². The average Bonchev–Trinajstić information content (AvgIpc) is 3.56. The molecular weight excluding hydrogens is 594 g/mol. The lowest BCUT2D eigenvalue weighted by Crippen LogP contribution is -2.44. The number of fused-ring (bicyclic) bond motifs is 1. The Morgan fingerprint density at radius 2 is 1.72 bits per heavy atom. The summed E-state index contributed by atoms with van der Waals surface area (Å²) in [4.78, 5) is 25.3. The Balaban J connectivity index is 1.07. The van der Waals surface area contributed by atoms with Gasteiger partial charge in [0, 0.05) is 80.2 Å². The van der Waals surface area contributed by atoms with Crippen molar-refractivity contribution in [3.8, 4) is 23.0 Å². The summed E-state index contributed by atoms with van der Waals surface area (Å²) >= 11 is 0. The van der Waals surface area contributed by atoms with E-state index >= 15 is 4.39 Å². The molecule has 3 heterocycles. The molecule has 2 amide bonds. The fraction of sp³-hybridized carbons (Fsp3) is 0.294. The fourth-order valence-corrected chi connectivity index (χ4v) is 5.36. The lowest BCUT2D eigenvalue weighted by molar-refractivity contribution is 0.145. The van der Waals surface area contributed by atoms with Crippen molar-refractivity contribution in [1.82, 2.24) is 19.7 Å². The summed E-state index contributed by atoms with van der Waals surface area (Å²) in [5.41, 5.74) is 1.62. The molecule has 0 bridgehead atoms. The summed E-state index contributed by atoms with van der Waals surface area (Å²) in [5, 5.41) is 3.33. The molecule has 3 aromatic carbocycles. The maximum Gasteiger partial charge on any atom is 0.327 e. The number of methoxy groups -OCH3 is 1. The van der Waals surface area contributed by atoms with Crippen LogP contribution in [-0.4, -0.2) is 85.9 Å². The van der Waals surface area contributed by atoms with Crippen LogP contribution in [0.3, 0.4) is 0 Å². The van der Waals surface area contributed by atoms with E-state index in [1.165, 1.54) is 29.2 Å². The van der Waals surface area contributed by atoms with Crippen LogP contribution in [0.15, 0.2) is 79.3 Å². The first-order valence-corrected chi connectivity index (χ1v) is 15.1. The number of nitrogens with one attached hydrogen (secondary N) is 1. The maximum absolute atomic E-state index is 15.2. The van der Waals surface area contributed by atoms with Crippen molar-refractivity contribution in [3.05, 3.63) is 90.9 Å². The number of piperazine rings is 1. The molecular formula is C34H36F2N6O4. The molecule has 4 aromatic rings. The predicted molar refractivity (Wildman–Crippen MR) is 173 cm³/mol. The number of pyridine rings is 1. The van der Waals surface area contributed by atoms with Gasteiger partial charge in [0.1, 0.15) is 18.2 Å². The largest absolute Gasteiger partial charge is 0.493 e. The highest BCUT2D eigenvalue weighted by atomic mass is 19.1. The van der Waals surface area contributed by atoms with Gasteiger partial charge in [-0.2, -0.15) is 0 Å². The van der Waals surface area contributed by atoms with E-state index in [0.717, 1.165) is 44.8 Å². The summed E-state index contributed by atoms with van der Waals surface area (Å²) < 4.78 is 46.1. The number of hydrogen-bond donors (Lipinski definition) is 1. The van der Waals surface area contributed by atoms with E-state index < -0.39 is 11.8 Å². The van der Waals surface area contributed by atoms with Crippen LogP contribution in [0.5, 0.6) is 23.0 Å². The number of hydrogen-bond acceptors (Lipinski definition) is 8. The third kappa shape index (κ3) is 7.30. The van der Waals surface area contributed by atoms with Gasteiger partial charge in [-0.1, -0.05) is 0 Å². The number of anilines is 2. The average molecular weight is 631 g/mol. The molecule has 240 valence electrons. The minimum atomic E-state index is -0.653. The third-order valence-corrected chi connectivity index (χ3v) is 8.01. The van der Waals surface area contributed by atoms with Gasteiger partial charge in [-0.25, -0.2) is 13.6 Å². The van der Waals surface area contributed by atoms with Crippen LogP contribution >= 0.6 is 0 Å². The monoisotopic (exact) mass is 630 g/mol. The van der Waals surface area contributed by atoms with Crippen LogP contribution in [0.1, 0.15) is 6.42 Å². The SMILES string of the molecule is COc1cc2c(Oc3ccc(NC(=O)N4C=CN(c5ccc(F)cc5)C4)cc3F)ccnc2cc1OCCCN1CCN(C)CC1. The zero-order valence-electron chi connectivity index (χ0n) is 25.8. The number of ether oxygens (including phenoxy) is 3. The molecule has 0 atom stereocenters. The van der Waals surface area contributed by atoms with Gasteiger partial charge in [0.05, 0.1) is 19.2 Å². The van der Waals surface area contributed by atoms with Gasteiger partial charge >= 0.3 is 6.03 Å². The number of rotatable bonds is 10. The van der Waals surface area contributed by atoms with E-state index in [4.69, 9.17) is 14.2 Å². The first-order valence-electron chi connectivity index (χ1n) is 15.1. The van der Waals surface area contributed by atoms with Gasteiger partial charge in [-0.15, -0.1) is 0 Å². The van der Waals surface area contributed by atoms with Crippen molar-refractivity contribution in [3.63, 3.8) is 0 Å². The number of likely N-dealkylation sites (N-methyl/N-ethyl adjacent to an activating group) is 1. The normalized spacial score (nSPS) is 15.4. The minimum absolute atomic E-state index is 0.0164. The second-order valence-corrected chi connectivity index (χ2v) is 11.2. The number of halogens is 2. The molecule has 1 aromatic heterocycles. The van der Waals surface area contributed by atoms with E-state index in [9.17, 15) is 9.18 Å². The molecule has 0 unspecified atom stereocenters. The van der Waals surface area contributed by atoms with Gasteiger partial charge in [-0.3, -0.25) is 9.88 Å². The summed E-state index contributed by atoms with van der Waals surface area (Å²) in [6.07, 6.45) is 5.79. The second-order valence-electron chi connectivity index (χ2n) is 11.2. The highest BCUT2D eigenvalue weighted by Crippen LogP contribution is 2.38. The highest BCUT2D eigenvalue weighted by molar-refractivity contribution is 5.91. The molecule has 0 radical (unpaired) electrons. The van der Waals surface area contributed by atoms with Crippen molar-refractivity contribution in [1.29, 1.82) is 0 Å². The summed E-state index contributed by atoms with van der Waals surface area (Å²) in [6.45, 7) is 6.03. The van der Waals surface area contributed by atoms with Crippen molar-refractivity contribution in [2.24, 2.45) is 0 Å². The lowest BCUT2D eigenvalue weighted by atomic mass is 10.1. The number of aromatic nitrogens is 1. The van der Waals surface area contributed by atoms with Crippen LogP contribution in [0, 0.1) is 11.6 Å². The molecule has 1 N–H and O–H groups in total. The Morgan fingerprint density at radius 3 is 2.48 bits per heavy atom. The van der Waals surface area contributed by atoms with E-state index in [2.05, 4.69) is 27.1 Å². The molecule has 0 spiro atoms. The van der Waals surface area contributed by atoms with Crippen molar-refractivity contribution >= 4 is 28.3 Å². The molecule has 6 rings (SSSR count). The van der Waals surface area contributed by atoms with Crippen molar-refractivity contribution in [2.75, 3.05) is 70.4 Å². The molecule has 2 aliphatic rings. The summed E-state index contributed by atoms with van der Waals surface area (Å²) in [6, 6.07) is 15.0. The Morgan fingerprint density at radius 1 is 0.913 bits per heavy atom. The van der Waals surface area contributed by atoms with Gasteiger partial charge in [-0.05, 0) is 62.0 Å². The number of nitrogens with zero attached hydrogens (tertiary/aromatic N) is 5. The molecule has 2 aliphatic heterocycles. The quantitative estimate of drug-likeness (QED) is 0.210. The second kappa shape index (κ2) is 14.0. The highest BCUT2D eigenvalue weighted by Gasteiger charge is 2.21. The molecule has 0 aliphatic carbocycles. The van der Waals surface area contributed by atoms with Crippen LogP contribution in [0.25, 0.3) is 10.9 Å². The topological polar surface area (TPSA) is 82.6 Å². The van der Waals surface area contributed by atoms with Gasteiger partial charge in [0.25, 0.3) is 0 Å².